The first-order valence-electron chi connectivity index (χ1n) is 9.96. The van der Waals surface area contributed by atoms with E-state index in [0.717, 1.165) is 42.5 Å². The van der Waals surface area contributed by atoms with E-state index < -0.39 is 0 Å². The van der Waals surface area contributed by atoms with Crippen LogP contribution >= 0.6 is 11.6 Å². The van der Waals surface area contributed by atoms with Gasteiger partial charge in [-0.25, -0.2) is 9.97 Å². The van der Waals surface area contributed by atoms with Gasteiger partial charge in [-0.05, 0) is 37.6 Å². The average Bonchev–Trinajstić information content (AvgIpc) is 3.42. The highest BCUT2D eigenvalue weighted by atomic mass is 35.5. The summed E-state index contributed by atoms with van der Waals surface area (Å²) in [4.78, 5) is 15.5. The number of nitrogens with zero attached hydrogens (tertiary/aromatic N) is 4. The number of pyridine rings is 1. The number of aliphatic imine (C=N–C) groups is 1. The maximum Gasteiger partial charge on any atom is 0.226 e. The minimum absolute atomic E-state index is 0.259. The smallest absolute Gasteiger partial charge is 0.226 e. The fourth-order valence-electron chi connectivity index (χ4n) is 3.46. The van der Waals surface area contributed by atoms with Crippen LogP contribution in [0.2, 0.25) is 5.02 Å². The summed E-state index contributed by atoms with van der Waals surface area (Å²) in [6.45, 7) is 4.30. The standard InChI is InChI=1S/C22H25ClN6O/c1-15-5-7-16(8-6-15)21-27-18(14-30-21)12-26-22(24-2)28-17-9-11-29(13-17)20-19(23)4-3-10-25-20/h3-8,10,14,17H,9,11-13H2,1-2H3,(H2,24,26,28). The highest BCUT2D eigenvalue weighted by Gasteiger charge is 2.25. The van der Waals surface area contributed by atoms with Crippen molar-refractivity contribution in [3.8, 4) is 11.5 Å². The molecule has 1 atom stereocenters. The first-order valence-corrected chi connectivity index (χ1v) is 10.3. The molecule has 3 heterocycles. The number of aromatic nitrogens is 2. The van der Waals surface area contributed by atoms with E-state index in [2.05, 4.69) is 37.4 Å². The lowest BCUT2D eigenvalue weighted by molar-refractivity contribution is 0.572. The minimum atomic E-state index is 0.259. The number of hydrogen-bond donors (Lipinski definition) is 2. The van der Waals surface area contributed by atoms with Crippen LogP contribution in [-0.2, 0) is 6.54 Å². The monoisotopic (exact) mass is 424 g/mol. The lowest BCUT2D eigenvalue weighted by Gasteiger charge is -2.20. The molecule has 0 aliphatic carbocycles. The van der Waals surface area contributed by atoms with Crippen LogP contribution in [0.1, 0.15) is 17.7 Å². The summed E-state index contributed by atoms with van der Waals surface area (Å²) in [5.74, 6) is 2.18. The van der Waals surface area contributed by atoms with Crippen molar-refractivity contribution in [3.05, 3.63) is 65.1 Å². The van der Waals surface area contributed by atoms with Crippen LogP contribution in [0.15, 0.2) is 58.3 Å². The number of anilines is 1. The molecular weight excluding hydrogens is 400 g/mol. The van der Waals surface area contributed by atoms with Crippen molar-refractivity contribution < 1.29 is 4.42 Å². The number of oxazole rings is 1. The highest BCUT2D eigenvalue weighted by Crippen LogP contribution is 2.25. The van der Waals surface area contributed by atoms with E-state index in [0.29, 0.717) is 17.5 Å². The van der Waals surface area contributed by atoms with Gasteiger partial charge in [-0.3, -0.25) is 4.99 Å². The molecule has 1 aliphatic rings. The third-order valence-corrected chi connectivity index (χ3v) is 5.37. The summed E-state index contributed by atoms with van der Waals surface area (Å²) in [7, 11) is 1.76. The van der Waals surface area contributed by atoms with Crippen molar-refractivity contribution >= 4 is 23.4 Å². The molecule has 1 saturated heterocycles. The molecule has 0 amide bonds. The molecule has 1 unspecified atom stereocenters. The van der Waals surface area contributed by atoms with E-state index in [4.69, 9.17) is 16.0 Å². The zero-order valence-electron chi connectivity index (χ0n) is 17.1. The Morgan fingerprint density at radius 2 is 2.13 bits per heavy atom. The maximum absolute atomic E-state index is 6.28. The summed E-state index contributed by atoms with van der Waals surface area (Å²) in [6.07, 6.45) is 4.43. The van der Waals surface area contributed by atoms with Crippen molar-refractivity contribution in [1.29, 1.82) is 0 Å². The van der Waals surface area contributed by atoms with Crippen LogP contribution < -0.4 is 15.5 Å². The summed E-state index contributed by atoms with van der Waals surface area (Å²) < 4.78 is 5.63. The van der Waals surface area contributed by atoms with Crippen LogP contribution in [0.5, 0.6) is 0 Å². The molecule has 8 heteroatoms. The SMILES string of the molecule is CN=C(NCc1coc(-c2ccc(C)cc2)n1)NC1CCN(c2ncccc2Cl)C1. The molecule has 0 bridgehead atoms. The van der Waals surface area contributed by atoms with Crippen LogP contribution in [0.3, 0.4) is 0 Å². The van der Waals surface area contributed by atoms with Crippen molar-refractivity contribution in [2.24, 2.45) is 4.99 Å². The Labute approximate surface area is 181 Å². The van der Waals surface area contributed by atoms with Crippen molar-refractivity contribution in [1.82, 2.24) is 20.6 Å². The number of guanidine groups is 1. The number of aryl methyl sites for hydroxylation is 1. The lowest BCUT2D eigenvalue weighted by atomic mass is 10.1. The molecule has 1 fully saturated rings. The highest BCUT2D eigenvalue weighted by molar-refractivity contribution is 6.32. The summed E-state index contributed by atoms with van der Waals surface area (Å²) in [6, 6.07) is 12.1. The molecule has 1 aliphatic heterocycles. The van der Waals surface area contributed by atoms with Gasteiger partial charge in [0.2, 0.25) is 5.89 Å². The van der Waals surface area contributed by atoms with Crippen LogP contribution in [-0.4, -0.2) is 42.1 Å². The first-order chi connectivity index (χ1) is 14.6. The van der Waals surface area contributed by atoms with Gasteiger partial charge in [0.15, 0.2) is 5.96 Å². The van der Waals surface area contributed by atoms with E-state index in [9.17, 15) is 0 Å². The minimum Gasteiger partial charge on any atom is -0.444 e. The fourth-order valence-corrected chi connectivity index (χ4v) is 3.70. The summed E-state index contributed by atoms with van der Waals surface area (Å²) in [5, 5.41) is 7.45. The second-order valence-corrected chi connectivity index (χ2v) is 7.73. The van der Waals surface area contributed by atoms with Gasteiger partial charge in [-0.2, -0.15) is 0 Å². The van der Waals surface area contributed by atoms with Crippen molar-refractivity contribution in [2.45, 2.75) is 25.9 Å². The summed E-state index contributed by atoms with van der Waals surface area (Å²) >= 11 is 6.28. The molecule has 0 saturated carbocycles. The second-order valence-electron chi connectivity index (χ2n) is 7.32. The van der Waals surface area contributed by atoms with E-state index in [1.807, 2.05) is 36.4 Å². The Balaban J connectivity index is 1.31. The second kappa shape index (κ2) is 9.17. The molecule has 2 N–H and O–H groups in total. The zero-order chi connectivity index (χ0) is 20.9. The van der Waals surface area contributed by atoms with Gasteiger partial charge in [0.25, 0.3) is 0 Å². The predicted molar refractivity (Wildman–Crippen MR) is 120 cm³/mol. The zero-order valence-corrected chi connectivity index (χ0v) is 17.9. The Hall–Kier alpha value is -3.06. The van der Waals surface area contributed by atoms with Gasteiger partial charge in [0.05, 0.1) is 17.3 Å². The molecular formula is C22H25ClN6O. The van der Waals surface area contributed by atoms with E-state index in [1.54, 1.807) is 19.5 Å². The van der Waals surface area contributed by atoms with Crippen molar-refractivity contribution in [2.75, 3.05) is 25.0 Å². The molecule has 156 valence electrons. The Bertz CT molecular complexity index is 1020. The van der Waals surface area contributed by atoms with Crippen molar-refractivity contribution in [3.63, 3.8) is 0 Å². The molecule has 4 rings (SSSR count). The average molecular weight is 425 g/mol. The number of halogens is 1. The molecule has 3 aromatic rings. The lowest BCUT2D eigenvalue weighted by Crippen LogP contribution is -2.44. The number of benzene rings is 1. The largest absolute Gasteiger partial charge is 0.444 e. The van der Waals surface area contributed by atoms with Gasteiger partial charge in [0, 0.05) is 37.9 Å². The van der Waals surface area contributed by atoms with Gasteiger partial charge in [-0.1, -0.05) is 29.3 Å². The number of hydrogen-bond acceptors (Lipinski definition) is 5. The van der Waals surface area contributed by atoms with Gasteiger partial charge in [0.1, 0.15) is 12.1 Å². The molecule has 7 nitrogen and oxygen atoms in total. The van der Waals surface area contributed by atoms with Crippen LogP contribution in [0, 0.1) is 6.92 Å². The van der Waals surface area contributed by atoms with Gasteiger partial charge in [-0.15, -0.1) is 0 Å². The van der Waals surface area contributed by atoms with Crippen LogP contribution in [0.4, 0.5) is 5.82 Å². The molecule has 30 heavy (non-hydrogen) atoms. The number of nitrogens with one attached hydrogen (secondary N) is 2. The van der Waals surface area contributed by atoms with Gasteiger partial charge >= 0.3 is 0 Å². The molecule has 0 spiro atoms. The Morgan fingerprint density at radius 3 is 2.90 bits per heavy atom. The maximum atomic E-state index is 6.28. The molecule has 2 aromatic heterocycles. The third-order valence-electron chi connectivity index (χ3n) is 5.08. The van der Waals surface area contributed by atoms with E-state index >= 15 is 0 Å². The topological polar surface area (TPSA) is 78.6 Å². The Kier molecular flexibility index (Phi) is 6.18. The third kappa shape index (κ3) is 4.74. The number of rotatable bonds is 5. The molecule has 1 aromatic carbocycles. The fraction of sp³-hybridized carbons (Fsp3) is 0.318. The van der Waals surface area contributed by atoms with Gasteiger partial charge < -0.3 is 20.0 Å². The van der Waals surface area contributed by atoms with Crippen LogP contribution in [0.25, 0.3) is 11.5 Å². The quantitative estimate of drug-likeness (QED) is 0.481. The normalized spacial score (nSPS) is 16.7. The Morgan fingerprint density at radius 1 is 1.30 bits per heavy atom. The summed E-state index contributed by atoms with van der Waals surface area (Å²) in [5.41, 5.74) is 2.99. The predicted octanol–water partition coefficient (Wildman–Crippen LogP) is 3.64. The first kappa shape index (κ1) is 20.2. The molecule has 0 radical (unpaired) electrons. The van der Waals surface area contributed by atoms with E-state index in [1.165, 1.54) is 5.56 Å². The van der Waals surface area contributed by atoms with E-state index in [-0.39, 0.29) is 6.04 Å².